The lowest BCUT2D eigenvalue weighted by Gasteiger charge is -2.16. The van der Waals surface area contributed by atoms with Crippen LogP contribution in [0.5, 0.6) is 0 Å². The van der Waals surface area contributed by atoms with E-state index in [0.717, 1.165) is 23.1 Å². The fraction of sp³-hybridized carbons (Fsp3) is 0.300. The molecule has 0 saturated carbocycles. The lowest BCUT2D eigenvalue weighted by molar-refractivity contribution is 0.0998. The zero-order chi connectivity index (χ0) is 22.1. The Hall–Kier alpha value is -1.71. The molecule has 10 heteroatoms. The van der Waals surface area contributed by atoms with Gasteiger partial charge in [-0.25, -0.2) is 12.7 Å². The minimum absolute atomic E-state index is 0.145. The molecule has 0 aliphatic carbocycles. The van der Waals surface area contributed by atoms with Crippen molar-refractivity contribution in [3.63, 3.8) is 0 Å². The quantitative estimate of drug-likeness (QED) is 0.507. The molecule has 3 aromatic rings. The number of aryl methyl sites for hydroxylation is 1. The Kier molecular flexibility index (Phi) is 7.04. The van der Waals surface area contributed by atoms with Gasteiger partial charge in [-0.2, -0.15) is 4.99 Å². The molecule has 0 bridgehead atoms. The van der Waals surface area contributed by atoms with Gasteiger partial charge in [0.2, 0.25) is 10.0 Å². The van der Waals surface area contributed by atoms with Crippen LogP contribution in [0.15, 0.2) is 46.3 Å². The van der Waals surface area contributed by atoms with Crippen LogP contribution in [0.25, 0.3) is 10.2 Å². The fourth-order valence-corrected chi connectivity index (χ4v) is 5.94. The Balaban J connectivity index is 1.91. The van der Waals surface area contributed by atoms with Crippen LogP contribution in [0, 0.1) is 0 Å². The summed E-state index contributed by atoms with van der Waals surface area (Å²) in [6, 6.07) is 9.23. The van der Waals surface area contributed by atoms with E-state index in [9.17, 15) is 13.2 Å². The van der Waals surface area contributed by atoms with Gasteiger partial charge in [-0.3, -0.25) is 4.79 Å². The number of hydrogen-bond donors (Lipinski definition) is 0. The van der Waals surface area contributed by atoms with Crippen molar-refractivity contribution in [2.45, 2.75) is 24.7 Å². The number of amides is 1. The van der Waals surface area contributed by atoms with Gasteiger partial charge in [0.15, 0.2) is 4.80 Å². The van der Waals surface area contributed by atoms with E-state index < -0.39 is 15.9 Å². The van der Waals surface area contributed by atoms with Crippen LogP contribution in [-0.4, -0.2) is 36.8 Å². The number of sulfonamides is 1. The van der Waals surface area contributed by atoms with Gasteiger partial charge in [0.05, 0.1) is 20.1 Å². The lowest BCUT2D eigenvalue weighted by Crippen LogP contribution is -2.27. The van der Waals surface area contributed by atoms with Crippen molar-refractivity contribution < 1.29 is 13.2 Å². The third kappa shape index (κ3) is 4.63. The Morgan fingerprint density at radius 2 is 1.87 bits per heavy atom. The second-order valence-electron chi connectivity index (χ2n) is 6.80. The molecular weight excluding hydrogens is 465 g/mol. The number of unbranched alkanes of at least 4 members (excludes halogenated alkanes) is 1. The molecule has 6 nitrogen and oxygen atoms in total. The second kappa shape index (κ2) is 9.20. The lowest BCUT2D eigenvalue weighted by atomic mass is 10.2. The summed E-state index contributed by atoms with van der Waals surface area (Å²) in [6.45, 7) is 2.45. The van der Waals surface area contributed by atoms with Gasteiger partial charge >= 0.3 is 0 Å². The summed E-state index contributed by atoms with van der Waals surface area (Å²) in [6.07, 6.45) is 1.69. The van der Waals surface area contributed by atoms with E-state index in [0.29, 0.717) is 27.0 Å². The molecule has 30 heavy (non-hydrogen) atoms. The van der Waals surface area contributed by atoms with Crippen LogP contribution < -0.4 is 4.80 Å². The second-order valence-corrected chi connectivity index (χ2v) is 10.7. The van der Waals surface area contributed by atoms with Crippen LogP contribution >= 0.6 is 34.5 Å². The first-order valence-corrected chi connectivity index (χ1v) is 12.3. The Morgan fingerprint density at radius 3 is 2.50 bits per heavy atom. The van der Waals surface area contributed by atoms with Crippen molar-refractivity contribution >= 4 is 60.7 Å². The molecule has 0 N–H and O–H groups in total. The fourth-order valence-electron chi connectivity index (χ4n) is 2.91. The summed E-state index contributed by atoms with van der Waals surface area (Å²) in [7, 11) is -0.259. The zero-order valence-corrected chi connectivity index (χ0v) is 19.9. The SMILES string of the molecule is CCCCN(C)S(=O)(=O)c1ccc(C(=O)N=c2sc3cc(Cl)cc(Cl)c3n2C)cc1. The molecule has 0 aliphatic rings. The first-order valence-electron chi connectivity index (χ1n) is 9.25. The van der Waals surface area contributed by atoms with Gasteiger partial charge in [-0.1, -0.05) is 47.9 Å². The van der Waals surface area contributed by atoms with Crippen LogP contribution in [0.3, 0.4) is 0 Å². The Morgan fingerprint density at radius 1 is 1.20 bits per heavy atom. The molecule has 0 unspecified atom stereocenters. The highest BCUT2D eigenvalue weighted by molar-refractivity contribution is 7.89. The van der Waals surface area contributed by atoms with Gasteiger partial charge in [0.1, 0.15) is 0 Å². The van der Waals surface area contributed by atoms with Crippen LogP contribution in [0.4, 0.5) is 0 Å². The Labute approximate surface area is 189 Å². The Bertz CT molecular complexity index is 1260. The number of rotatable bonds is 6. The van der Waals surface area contributed by atoms with Crippen molar-refractivity contribution in [3.8, 4) is 0 Å². The molecule has 0 radical (unpaired) electrons. The smallest absolute Gasteiger partial charge is 0.279 e. The number of aromatic nitrogens is 1. The molecule has 2 aromatic carbocycles. The minimum Gasteiger partial charge on any atom is -0.318 e. The van der Waals surface area contributed by atoms with Gasteiger partial charge < -0.3 is 4.57 Å². The van der Waals surface area contributed by atoms with Crippen molar-refractivity contribution in [1.82, 2.24) is 8.87 Å². The molecule has 160 valence electrons. The van der Waals surface area contributed by atoms with E-state index in [1.54, 1.807) is 30.8 Å². The minimum atomic E-state index is -3.58. The van der Waals surface area contributed by atoms with Crippen molar-refractivity contribution in [2.75, 3.05) is 13.6 Å². The zero-order valence-electron chi connectivity index (χ0n) is 16.7. The number of carbonyl (C=O) groups excluding carboxylic acids is 1. The number of nitrogens with zero attached hydrogens (tertiary/aromatic N) is 3. The maximum absolute atomic E-state index is 12.6. The van der Waals surface area contributed by atoms with E-state index in [1.165, 1.54) is 39.9 Å². The maximum atomic E-state index is 12.6. The van der Waals surface area contributed by atoms with Crippen molar-refractivity contribution in [2.24, 2.45) is 12.0 Å². The number of halogens is 2. The number of carbonyl (C=O) groups is 1. The van der Waals surface area contributed by atoms with Crippen molar-refractivity contribution in [3.05, 3.63) is 56.8 Å². The average molecular weight is 486 g/mol. The normalized spacial score (nSPS) is 12.8. The van der Waals surface area contributed by atoms with E-state index >= 15 is 0 Å². The molecule has 0 aliphatic heterocycles. The summed E-state index contributed by atoms with van der Waals surface area (Å²) in [5.74, 6) is -0.470. The van der Waals surface area contributed by atoms with Gasteiger partial charge in [-0.05, 0) is 42.8 Å². The van der Waals surface area contributed by atoms with E-state index in [4.69, 9.17) is 23.2 Å². The predicted octanol–water partition coefficient (Wildman–Crippen LogP) is 4.71. The number of hydrogen-bond acceptors (Lipinski definition) is 4. The molecule has 0 saturated heterocycles. The summed E-state index contributed by atoms with van der Waals surface area (Å²) < 4.78 is 29.1. The van der Waals surface area contributed by atoms with Crippen LogP contribution in [0.1, 0.15) is 30.1 Å². The monoisotopic (exact) mass is 485 g/mol. The standard InChI is InChI=1S/C20H21Cl2N3O3S2/c1-4-5-10-24(2)30(27,28)15-8-6-13(7-9-15)19(26)23-20-25(3)18-16(22)11-14(21)12-17(18)29-20/h6-9,11-12H,4-5,10H2,1-3H3. The van der Waals surface area contributed by atoms with Crippen LogP contribution in [-0.2, 0) is 17.1 Å². The van der Waals surface area contributed by atoms with Crippen molar-refractivity contribution in [1.29, 1.82) is 0 Å². The van der Waals surface area contributed by atoms with E-state index in [-0.39, 0.29) is 4.90 Å². The summed E-state index contributed by atoms with van der Waals surface area (Å²) in [4.78, 5) is 17.4. The third-order valence-electron chi connectivity index (χ3n) is 4.65. The molecule has 0 fully saturated rings. The molecule has 0 spiro atoms. The number of thiazole rings is 1. The molecule has 1 amide bonds. The van der Waals surface area contributed by atoms with E-state index in [1.807, 2.05) is 6.92 Å². The molecule has 0 atom stereocenters. The molecule has 1 aromatic heterocycles. The first-order chi connectivity index (χ1) is 14.1. The van der Waals surface area contributed by atoms with Gasteiger partial charge in [0.25, 0.3) is 5.91 Å². The van der Waals surface area contributed by atoms with Gasteiger partial charge in [0, 0.05) is 31.2 Å². The summed E-state index contributed by atoms with van der Waals surface area (Å²) >= 11 is 13.6. The average Bonchev–Trinajstić information content (AvgIpc) is 3.01. The maximum Gasteiger partial charge on any atom is 0.279 e. The highest BCUT2D eigenvalue weighted by Gasteiger charge is 2.20. The predicted molar refractivity (Wildman–Crippen MR) is 122 cm³/mol. The number of fused-ring (bicyclic) bond motifs is 1. The largest absolute Gasteiger partial charge is 0.318 e. The van der Waals surface area contributed by atoms with Crippen LogP contribution in [0.2, 0.25) is 10.0 Å². The molecule has 3 rings (SSSR count). The first kappa shape index (κ1) is 23.0. The highest BCUT2D eigenvalue weighted by atomic mass is 35.5. The molecule has 1 heterocycles. The van der Waals surface area contributed by atoms with Gasteiger partial charge in [-0.15, -0.1) is 0 Å². The topological polar surface area (TPSA) is 71.7 Å². The highest BCUT2D eigenvalue weighted by Crippen LogP contribution is 2.29. The third-order valence-corrected chi connectivity index (χ3v) is 8.11. The summed E-state index contributed by atoms with van der Waals surface area (Å²) in [5, 5.41) is 0.986. The summed E-state index contributed by atoms with van der Waals surface area (Å²) in [5.41, 5.74) is 1.04. The number of benzene rings is 2. The molecular formula is C20H21Cl2N3O3S2. The van der Waals surface area contributed by atoms with E-state index in [2.05, 4.69) is 4.99 Å².